The SMILES string of the molecule is COc1cc(OC)c2c(=O)c(OC(C)=O)c(-c3ccccc3)n3cc(-c4ccccc4)c1c23. The molecule has 0 unspecified atom stereocenters. The lowest BCUT2D eigenvalue weighted by atomic mass is 10.0. The number of esters is 1. The van der Waals surface area contributed by atoms with Crippen LogP contribution in [0.15, 0.2) is 77.7 Å². The highest BCUT2D eigenvalue weighted by molar-refractivity contribution is 6.12. The van der Waals surface area contributed by atoms with Gasteiger partial charge < -0.3 is 18.6 Å². The second-order valence-corrected chi connectivity index (χ2v) is 7.63. The number of ether oxygens (including phenoxy) is 3. The summed E-state index contributed by atoms with van der Waals surface area (Å²) in [6.07, 6.45) is 1.95. The van der Waals surface area contributed by atoms with Gasteiger partial charge in [0.05, 0.1) is 30.5 Å². The normalized spacial score (nSPS) is 11.1. The van der Waals surface area contributed by atoms with E-state index in [1.807, 2.05) is 71.3 Å². The summed E-state index contributed by atoms with van der Waals surface area (Å²) in [4.78, 5) is 25.8. The van der Waals surface area contributed by atoms with Crippen LogP contribution in [-0.2, 0) is 4.79 Å². The van der Waals surface area contributed by atoms with E-state index in [2.05, 4.69) is 0 Å². The molecule has 0 aliphatic carbocycles. The molecule has 0 fully saturated rings. The summed E-state index contributed by atoms with van der Waals surface area (Å²) < 4.78 is 18.7. The first-order valence-corrected chi connectivity index (χ1v) is 10.4. The summed E-state index contributed by atoms with van der Waals surface area (Å²) in [6, 6.07) is 21.0. The fourth-order valence-corrected chi connectivity index (χ4v) is 4.37. The minimum atomic E-state index is -0.575. The maximum atomic E-state index is 13.8. The number of carbonyl (C=O) groups excluding carboxylic acids is 1. The molecule has 0 amide bonds. The maximum Gasteiger partial charge on any atom is 0.308 e. The zero-order valence-corrected chi connectivity index (χ0v) is 18.4. The van der Waals surface area contributed by atoms with Crippen LogP contribution in [0.1, 0.15) is 6.92 Å². The molecule has 2 heterocycles. The fraction of sp³-hybridized carbons (Fsp3) is 0.111. The predicted molar refractivity (Wildman–Crippen MR) is 128 cm³/mol. The third-order valence-electron chi connectivity index (χ3n) is 5.70. The second kappa shape index (κ2) is 7.98. The molecule has 164 valence electrons. The molecule has 0 spiro atoms. The summed E-state index contributed by atoms with van der Waals surface area (Å²) in [5.74, 6) is 0.315. The lowest BCUT2D eigenvalue weighted by Crippen LogP contribution is -2.16. The zero-order chi connectivity index (χ0) is 23.1. The van der Waals surface area contributed by atoms with Crippen molar-refractivity contribution in [3.63, 3.8) is 0 Å². The topological polar surface area (TPSA) is 66.2 Å². The zero-order valence-electron chi connectivity index (χ0n) is 18.4. The van der Waals surface area contributed by atoms with Crippen LogP contribution >= 0.6 is 0 Å². The van der Waals surface area contributed by atoms with Gasteiger partial charge in [0.1, 0.15) is 17.2 Å². The number of pyridine rings is 1. The van der Waals surface area contributed by atoms with Gasteiger partial charge in [0.25, 0.3) is 0 Å². The van der Waals surface area contributed by atoms with Crippen molar-refractivity contribution in [3.8, 4) is 39.6 Å². The van der Waals surface area contributed by atoms with E-state index in [4.69, 9.17) is 14.2 Å². The number of hydrogen-bond acceptors (Lipinski definition) is 5. The smallest absolute Gasteiger partial charge is 0.308 e. The third-order valence-corrected chi connectivity index (χ3v) is 5.70. The molecule has 0 radical (unpaired) electrons. The maximum absolute atomic E-state index is 13.8. The van der Waals surface area contributed by atoms with Crippen molar-refractivity contribution in [2.45, 2.75) is 6.92 Å². The van der Waals surface area contributed by atoms with Crippen LogP contribution in [0.25, 0.3) is 38.7 Å². The Labute approximate surface area is 189 Å². The molecule has 2 aromatic heterocycles. The van der Waals surface area contributed by atoms with E-state index in [-0.39, 0.29) is 5.75 Å². The van der Waals surface area contributed by atoms with Gasteiger partial charge in [-0.05, 0) is 5.56 Å². The average molecular weight is 439 g/mol. The number of rotatable bonds is 5. The lowest BCUT2D eigenvalue weighted by Gasteiger charge is -2.16. The molecule has 0 aliphatic heterocycles. The van der Waals surface area contributed by atoms with E-state index in [9.17, 15) is 9.59 Å². The predicted octanol–water partition coefficient (Wildman–Crippen LogP) is 5.17. The van der Waals surface area contributed by atoms with Crippen LogP contribution in [-0.4, -0.2) is 24.6 Å². The van der Waals surface area contributed by atoms with Gasteiger partial charge in [0.15, 0.2) is 0 Å². The van der Waals surface area contributed by atoms with E-state index < -0.39 is 11.4 Å². The highest BCUT2D eigenvalue weighted by Gasteiger charge is 2.28. The van der Waals surface area contributed by atoms with Crippen molar-refractivity contribution in [1.82, 2.24) is 4.40 Å². The van der Waals surface area contributed by atoms with Crippen LogP contribution in [0.3, 0.4) is 0 Å². The van der Waals surface area contributed by atoms with E-state index in [0.717, 1.165) is 22.1 Å². The molecule has 0 saturated carbocycles. The number of hydrogen-bond donors (Lipinski definition) is 0. The Kier molecular flexibility index (Phi) is 4.98. The minimum Gasteiger partial charge on any atom is -0.496 e. The Balaban J connectivity index is 2.06. The Morgan fingerprint density at radius 1 is 0.818 bits per heavy atom. The Morgan fingerprint density at radius 2 is 1.39 bits per heavy atom. The van der Waals surface area contributed by atoms with Gasteiger partial charge >= 0.3 is 5.97 Å². The monoisotopic (exact) mass is 439 g/mol. The van der Waals surface area contributed by atoms with Crippen LogP contribution < -0.4 is 19.6 Å². The molecule has 0 aliphatic rings. The van der Waals surface area contributed by atoms with Crippen LogP contribution in [0, 0.1) is 0 Å². The second-order valence-electron chi connectivity index (χ2n) is 7.63. The van der Waals surface area contributed by atoms with E-state index in [1.54, 1.807) is 13.2 Å². The number of benzene rings is 3. The minimum absolute atomic E-state index is 0.0406. The first kappa shape index (κ1) is 20.6. The average Bonchev–Trinajstić information content (AvgIpc) is 3.23. The molecule has 0 N–H and O–H groups in total. The summed E-state index contributed by atoms with van der Waals surface area (Å²) in [5, 5.41) is 1.11. The van der Waals surface area contributed by atoms with Crippen molar-refractivity contribution < 1.29 is 19.0 Å². The molecule has 5 rings (SSSR count). The fourth-order valence-electron chi connectivity index (χ4n) is 4.37. The van der Waals surface area contributed by atoms with Gasteiger partial charge in [-0.25, -0.2) is 0 Å². The largest absolute Gasteiger partial charge is 0.496 e. The van der Waals surface area contributed by atoms with Crippen molar-refractivity contribution in [2.24, 2.45) is 0 Å². The Bertz CT molecular complexity index is 1540. The van der Waals surface area contributed by atoms with Gasteiger partial charge in [0.2, 0.25) is 11.2 Å². The summed E-state index contributed by atoms with van der Waals surface area (Å²) in [7, 11) is 3.09. The van der Waals surface area contributed by atoms with Crippen LogP contribution in [0.2, 0.25) is 0 Å². The number of carbonyl (C=O) groups is 1. The molecule has 0 bridgehead atoms. The molecule has 6 nitrogen and oxygen atoms in total. The third kappa shape index (κ3) is 3.19. The molecular weight excluding hydrogens is 418 g/mol. The van der Waals surface area contributed by atoms with Crippen molar-refractivity contribution >= 4 is 22.3 Å². The molecule has 33 heavy (non-hydrogen) atoms. The van der Waals surface area contributed by atoms with Crippen molar-refractivity contribution in [1.29, 1.82) is 0 Å². The molecule has 0 saturated heterocycles. The van der Waals surface area contributed by atoms with Gasteiger partial charge in [-0.3, -0.25) is 9.59 Å². The molecule has 6 heteroatoms. The standard InChI is InChI=1S/C27H21NO5/c1-16(29)33-27-24(18-12-8-5-9-13-18)28-15-19(17-10-6-4-7-11-17)22-20(31-2)14-21(32-3)23(25(22)28)26(27)30/h4-15H,1-3H3. The highest BCUT2D eigenvalue weighted by Crippen LogP contribution is 2.45. The molecule has 3 aromatic carbocycles. The molecule has 0 atom stereocenters. The first-order chi connectivity index (χ1) is 16.0. The van der Waals surface area contributed by atoms with Gasteiger partial charge in [0, 0.05) is 30.3 Å². The Hall–Kier alpha value is -4.32. The van der Waals surface area contributed by atoms with Crippen molar-refractivity contribution in [3.05, 3.63) is 83.2 Å². The number of methoxy groups -OCH3 is 2. The highest BCUT2D eigenvalue weighted by atomic mass is 16.5. The summed E-state index contributed by atoms with van der Waals surface area (Å²) >= 11 is 0. The molecular formula is C27H21NO5. The number of nitrogens with zero attached hydrogens (tertiary/aromatic N) is 1. The summed E-state index contributed by atoms with van der Waals surface area (Å²) in [6.45, 7) is 1.28. The lowest BCUT2D eigenvalue weighted by molar-refractivity contribution is -0.131. The van der Waals surface area contributed by atoms with E-state index in [0.29, 0.717) is 28.1 Å². The van der Waals surface area contributed by atoms with Gasteiger partial charge in [-0.1, -0.05) is 60.7 Å². The van der Waals surface area contributed by atoms with Crippen molar-refractivity contribution in [2.75, 3.05) is 14.2 Å². The quantitative estimate of drug-likeness (QED) is 0.354. The Morgan fingerprint density at radius 3 is 1.97 bits per heavy atom. The van der Waals surface area contributed by atoms with Crippen LogP contribution in [0.5, 0.6) is 17.2 Å². The first-order valence-electron chi connectivity index (χ1n) is 10.4. The van der Waals surface area contributed by atoms with Gasteiger partial charge in [-0.15, -0.1) is 0 Å². The van der Waals surface area contributed by atoms with E-state index >= 15 is 0 Å². The van der Waals surface area contributed by atoms with E-state index in [1.165, 1.54) is 14.0 Å². The number of aromatic nitrogens is 1. The van der Waals surface area contributed by atoms with Crippen LogP contribution in [0.4, 0.5) is 0 Å². The summed E-state index contributed by atoms with van der Waals surface area (Å²) in [5.41, 5.74) is 3.31. The van der Waals surface area contributed by atoms with Gasteiger partial charge in [-0.2, -0.15) is 0 Å². The molecule has 5 aromatic rings.